The lowest BCUT2D eigenvalue weighted by Crippen LogP contribution is -2.31. The normalized spacial score (nSPS) is 12.6. The van der Waals surface area contributed by atoms with Crippen LogP contribution in [0.25, 0.3) is 0 Å². The monoisotopic (exact) mass is 346 g/mol. The van der Waals surface area contributed by atoms with Crippen molar-refractivity contribution in [2.75, 3.05) is 12.4 Å². The highest BCUT2D eigenvalue weighted by Crippen LogP contribution is 2.28. The molecule has 2 rings (SSSR count). The average Bonchev–Trinajstić information content (AvgIpc) is 2.54. The molecule has 2 N–H and O–H groups in total. The summed E-state index contributed by atoms with van der Waals surface area (Å²) in [4.78, 5) is 18.8. The third kappa shape index (κ3) is 3.94. The molecule has 2 aromatic rings. The number of halogens is 5. The molecule has 0 radical (unpaired) electrons. The number of amides is 1. The summed E-state index contributed by atoms with van der Waals surface area (Å²) < 4.78 is 64.3. The van der Waals surface area contributed by atoms with Crippen molar-refractivity contribution in [3.05, 3.63) is 53.4 Å². The summed E-state index contributed by atoms with van der Waals surface area (Å²) in [6.07, 6.45) is -3.83. The lowest BCUT2D eigenvalue weighted by Gasteiger charge is -2.18. The van der Waals surface area contributed by atoms with E-state index in [1.807, 2.05) is 0 Å². The molecule has 1 aromatic heterocycles. The van der Waals surface area contributed by atoms with Gasteiger partial charge in [-0.05, 0) is 23.8 Å². The molecular formula is C14H11F5N4O. The maximum absolute atomic E-state index is 13.4. The molecule has 1 atom stereocenters. The van der Waals surface area contributed by atoms with Crippen LogP contribution < -0.4 is 10.6 Å². The van der Waals surface area contributed by atoms with Gasteiger partial charge in [-0.1, -0.05) is 6.07 Å². The Morgan fingerprint density at radius 3 is 2.46 bits per heavy atom. The van der Waals surface area contributed by atoms with Crippen molar-refractivity contribution in [1.82, 2.24) is 15.3 Å². The van der Waals surface area contributed by atoms with E-state index in [-0.39, 0.29) is 5.56 Å². The van der Waals surface area contributed by atoms with E-state index in [1.165, 1.54) is 7.05 Å². The van der Waals surface area contributed by atoms with E-state index in [0.29, 0.717) is 6.07 Å². The van der Waals surface area contributed by atoms with E-state index in [1.54, 1.807) is 0 Å². The molecule has 0 bridgehead atoms. The largest absolute Gasteiger partial charge is 0.433 e. The Bertz CT molecular complexity index is 750. The maximum Gasteiger partial charge on any atom is 0.433 e. The Hall–Kier alpha value is -2.78. The summed E-state index contributed by atoms with van der Waals surface area (Å²) in [6, 6.07) is 2.04. The minimum Gasteiger partial charge on any atom is -0.357 e. The van der Waals surface area contributed by atoms with E-state index < -0.39 is 41.4 Å². The number of carbonyl (C=O) groups is 1. The fraction of sp³-hybridized carbons (Fsp3) is 0.214. The molecule has 10 heteroatoms. The van der Waals surface area contributed by atoms with Gasteiger partial charge in [0.15, 0.2) is 11.6 Å². The van der Waals surface area contributed by atoms with Gasteiger partial charge in [-0.15, -0.1) is 0 Å². The zero-order valence-corrected chi connectivity index (χ0v) is 12.2. The van der Waals surface area contributed by atoms with Crippen LogP contribution in [-0.2, 0) is 11.0 Å². The van der Waals surface area contributed by atoms with E-state index in [4.69, 9.17) is 0 Å². The topological polar surface area (TPSA) is 66.9 Å². The second kappa shape index (κ2) is 6.77. The number of rotatable bonds is 4. The highest BCUT2D eigenvalue weighted by atomic mass is 19.4. The maximum atomic E-state index is 13.4. The Morgan fingerprint density at radius 1 is 1.17 bits per heavy atom. The van der Waals surface area contributed by atoms with Gasteiger partial charge in [0.1, 0.15) is 11.7 Å². The third-order valence-electron chi connectivity index (χ3n) is 3.01. The molecule has 0 fully saturated rings. The van der Waals surface area contributed by atoms with E-state index in [0.717, 1.165) is 24.4 Å². The highest BCUT2D eigenvalue weighted by Gasteiger charge is 2.33. The molecule has 128 valence electrons. The number of hydrogen-bond acceptors (Lipinski definition) is 4. The molecule has 1 amide bonds. The van der Waals surface area contributed by atoms with Gasteiger partial charge >= 0.3 is 6.18 Å². The molecular weight excluding hydrogens is 335 g/mol. The van der Waals surface area contributed by atoms with Crippen LogP contribution in [0.5, 0.6) is 0 Å². The van der Waals surface area contributed by atoms with Crippen LogP contribution in [-0.4, -0.2) is 22.9 Å². The molecule has 1 unspecified atom stereocenters. The van der Waals surface area contributed by atoms with Crippen LogP contribution in [0.3, 0.4) is 0 Å². The lowest BCUT2D eigenvalue weighted by atomic mass is 10.1. The van der Waals surface area contributed by atoms with Crippen molar-refractivity contribution in [2.24, 2.45) is 0 Å². The van der Waals surface area contributed by atoms with E-state index in [9.17, 15) is 26.7 Å². The van der Waals surface area contributed by atoms with E-state index >= 15 is 0 Å². The van der Waals surface area contributed by atoms with Gasteiger partial charge < -0.3 is 10.6 Å². The molecule has 5 nitrogen and oxygen atoms in total. The minimum absolute atomic E-state index is 0.00531. The van der Waals surface area contributed by atoms with Gasteiger partial charge in [-0.25, -0.2) is 18.7 Å². The summed E-state index contributed by atoms with van der Waals surface area (Å²) in [5.41, 5.74) is -1.21. The summed E-state index contributed by atoms with van der Waals surface area (Å²) in [7, 11) is 1.28. The number of nitrogens with one attached hydrogen (secondary N) is 2. The number of likely N-dealkylation sites (N-methyl/N-ethyl adjacent to an activating group) is 1. The molecule has 0 aliphatic carbocycles. The molecule has 0 saturated carbocycles. The molecule has 0 aliphatic rings. The second-order valence-corrected chi connectivity index (χ2v) is 4.63. The highest BCUT2D eigenvalue weighted by molar-refractivity contribution is 5.85. The minimum atomic E-state index is -4.69. The number of carbonyl (C=O) groups excluding carboxylic acids is 1. The van der Waals surface area contributed by atoms with Crippen LogP contribution in [0.4, 0.5) is 27.9 Å². The number of nitrogens with zero attached hydrogens (tertiary/aromatic N) is 2. The fourth-order valence-electron chi connectivity index (χ4n) is 1.85. The van der Waals surface area contributed by atoms with Crippen molar-refractivity contribution in [1.29, 1.82) is 0 Å². The van der Waals surface area contributed by atoms with Gasteiger partial charge in [0.25, 0.3) is 0 Å². The molecule has 0 spiro atoms. The summed E-state index contributed by atoms with van der Waals surface area (Å²) in [6.45, 7) is 0. The Labute approximate surface area is 132 Å². The molecule has 0 saturated heterocycles. The van der Waals surface area contributed by atoms with Crippen molar-refractivity contribution in [2.45, 2.75) is 12.2 Å². The van der Waals surface area contributed by atoms with Gasteiger partial charge in [-0.2, -0.15) is 13.2 Å². The predicted octanol–water partition coefficient (Wildman–Crippen LogP) is 2.67. The van der Waals surface area contributed by atoms with Crippen molar-refractivity contribution < 1.29 is 26.7 Å². The molecule has 1 aromatic carbocycles. The first-order valence-corrected chi connectivity index (χ1v) is 6.55. The van der Waals surface area contributed by atoms with Crippen LogP contribution in [0.15, 0.2) is 30.5 Å². The van der Waals surface area contributed by atoms with Gasteiger partial charge in [0, 0.05) is 13.2 Å². The average molecular weight is 346 g/mol. The molecule has 0 aliphatic heterocycles. The standard InChI is InChI=1S/C14H11F5N4O/c1-20-12(24)11(7-2-3-8(15)9(16)6-7)23-13-21-5-4-10(22-13)14(17,18)19/h2-6,11H,1H3,(H,20,24)(H,21,22,23). The lowest BCUT2D eigenvalue weighted by molar-refractivity contribution is -0.141. The van der Waals surface area contributed by atoms with Gasteiger partial charge in [0.05, 0.1) is 0 Å². The Morgan fingerprint density at radius 2 is 1.88 bits per heavy atom. The zero-order valence-electron chi connectivity index (χ0n) is 12.2. The van der Waals surface area contributed by atoms with Gasteiger partial charge in [-0.3, -0.25) is 4.79 Å². The zero-order chi connectivity index (χ0) is 17.9. The SMILES string of the molecule is CNC(=O)C(Nc1nccc(C(F)(F)F)n1)c1ccc(F)c(F)c1. The summed E-state index contributed by atoms with van der Waals surface area (Å²) in [5, 5.41) is 4.65. The van der Waals surface area contributed by atoms with Crippen molar-refractivity contribution in [3.63, 3.8) is 0 Å². The second-order valence-electron chi connectivity index (χ2n) is 4.63. The van der Waals surface area contributed by atoms with Crippen LogP contribution >= 0.6 is 0 Å². The Kier molecular flexibility index (Phi) is 4.96. The van der Waals surface area contributed by atoms with E-state index in [2.05, 4.69) is 20.6 Å². The van der Waals surface area contributed by atoms with Crippen molar-refractivity contribution in [3.8, 4) is 0 Å². The quantitative estimate of drug-likeness (QED) is 0.836. The number of alkyl halides is 3. The van der Waals surface area contributed by atoms with Gasteiger partial charge in [0.2, 0.25) is 11.9 Å². The third-order valence-corrected chi connectivity index (χ3v) is 3.01. The van der Waals surface area contributed by atoms with Crippen LogP contribution in [0, 0.1) is 11.6 Å². The molecule has 24 heavy (non-hydrogen) atoms. The summed E-state index contributed by atoms with van der Waals surface area (Å²) >= 11 is 0. The molecule has 1 heterocycles. The number of aromatic nitrogens is 2. The first-order valence-electron chi connectivity index (χ1n) is 6.55. The number of anilines is 1. The Balaban J connectivity index is 2.36. The smallest absolute Gasteiger partial charge is 0.357 e. The number of hydrogen-bond donors (Lipinski definition) is 2. The number of benzene rings is 1. The van der Waals surface area contributed by atoms with Crippen LogP contribution in [0.2, 0.25) is 0 Å². The fourth-order valence-corrected chi connectivity index (χ4v) is 1.85. The predicted molar refractivity (Wildman–Crippen MR) is 73.8 cm³/mol. The summed E-state index contributed by atoms with van der Waals surface area (Å²) in [5.74, 6) is -3.50. The first-order chi connectivity index (χ1) is 11.2. The van der Waals surface area contributed by atoms with Crippen molar-refractivity contribution >= 4 is 11.9 Å². The van der Waals surface area contributed by atoms with Crippen LogP contribution in [0.1, 0.15) is 17.3 Å². The first kappa shape index (κ1) is 17.6.